The molecule has 0 amide bonds. The Labute approximate surface area is 206 Å². The van der Waals surface area contributed by atoms with Gasteiger partial charge in [0.25, 0.3) is 0 Å². The molecule has 3 aromatic carbocycles. The van der Waals surface area contributed by atoms with Crippen molar-refractivity contribution in [1.29, 1.82) is 0 Å². The third-order valence-electron chi connectivity index (χ3n) is 6.49. The summed E-state index contributed by atoms with van der Waals surface area (Å²) in [5.41, 5.74) is 8.66. The van der Waals surface area contributed by atoms with Crippen LogP contribution in [0.3, 0.4) is 0 Å². The number of phenolic OH excluding ortho intramolecular Hbond substituents is 1. The van der Waals surface area contributed by atoms with Crippen molar-refractivity contribution in [2.24, 2.45) is 0 Å². The quantitative estimate of drug-likeness (QED) is 0.292. The van der Waals surface area contributed by atoms with Crippen LogP contribution in [0.4, 0.5) is 0 Å². The van der Waals surface area contributed by atoms with Crippen molar-refractivity contribution in [3.63, 3.8) is 0 Å². The second-order valence-electron chi connectivity index (χ2n) is 9.11. The molecular formula is C33H30O2. The molecule has 0 saturated heterocycles. The summed E-state index contributed by atoms with van der Waals surface area (Å²) < 4.78 is 5.95. The van der Waals surface area contributed by atoms with Crippen LogP contribution in [-0.4, -0.2) is 5.11 Å². The van der Waals surface area contributed by atoms with Crippen LogP contribution in [0.5, 0.6) is 5.75 Å². The highest BCUT2D eigenvalue weighted by molar-refractivity contribution is 6.05. The van der Waals surface area contributed by atoms with E-state index in [1.165, 1.54) is 16.7 Å². The van der Waals surface area contributed by atoms with E-state index in [4.69, 9.17) is 4.42 Å². The van der Waals surface area contributed by atoms with Crippen molar-refractivity contribution in [2.75, 3.05) is 0 Å². The number of aromatic hydroxyl groups is 1. The molecule has 2 nitrogen and oxygen atoms in total. The van der Waals surface area contributed by atoms with Crippen LogP contribution in [0.25, 0.3) is 33.6 Å². The van der Waals surface area contributed by atoms with Crippen molar-refractivity contribution < 1.29 is 9.52 Å². The minimum Gasteiger partial charge on any atom is -0.507 e. The number of phenols is 1. The molecule has 1 N–H and O–H groups in total. The summed E-state index contributed by atoms with van der Waals surface area (Å²) >= 11 is 0. The lowest BCUT2D eigenvalue weighted by molar-refractivity contribution is 0.473. The predicted molar refractivity (Wildman–Crippen MR) is 148 cm³/mol. The van der Waals surface area contributed by atoms with Crippen molar-refractivity contribution in [1.82, 2.24) is 0 Å². The maximum atomic E-state index is 10.6. The van der Waals surface area contributed by atoms with E-state index in [0.29, 0.717) is 5.75 Å². The molecule has 0 fully saturated rings. The van der Waals surface area contributed by atoms with E-state index in [0.717, 1.165) is 57.9 Å². The Hall–Kier alpha value is -4.04. The Morgan fingerprint density at radius 2 is 1.83 bits per heavy atom. The summed E-state index contributed by atoms with van der Waals surface area (Å²) in [6.45, 7) is 4.14. The van der Waals surface area contributed by atoms with E-state index >= 15 is 0 Å². The molecule has 4 aromatic rings. The Balaban J connectivity index is 1.39. The fourth-order valence-corrected chi connectivity index (χ4v) is 4.65. The van der Waals surface area contributed by atoms with Crippen LogP contribution in [-0.2, 0) is 6.42 Å². The van der Waals surface area contributed by atoms with E-state index < -0.39 is 0 Å². The molecule has 1 aliphatic carbocycles. The SMILES string of the molecule is C/C=C\C(C)=C/Cc1ccc(O)c(C2=CCCC(/C=C/c3ccc4oc5ccccc5c4c3)=C2)c1. The lowest BCUT2D eigenvalue weighted by Crippen LogP contribution is -1.93. The first-order valence-corrected chi connectivity index (χ1v) is 12.2. The number of benzene rings is 3. The molecule has 174 valence electrons. The third kappa shape index (κ3) is 5.07. The summed E-state index contributed by atoms with van der Waals surface area (Å²) in [7, 11) is 0. The standard InChI is InChI=1S/C33H30O2/c1-3-7-23(2)12-13-25-16-18-31(34)29(21-25)27-9-6-8-24(20-27)14-15-26-17-19-33-30(22-26)28-10-4-5-11-32(28)35-33/h3-5,7,9-12,14-22,34H,6,8,13H2,1-2H3/b7-3-,15-14+,23-12-. The Kier molecular flexibility index (Phi) is 6.54. The molecule has 0 saturated carbocycles. The molecule has 5 rings (SSSR count). The second-order valence-corrected chi connectivity index (χ2v) is 9.11. The average Bonchev–Trinajstić information content (AvgIpc) is 3.25. The molecule has 1 aliphatic rings. The Bertz CT molecular complexity index is 1540. The lowest BCUT2D eigenvalue weighted by atomic mass is 9.92. The minimum atomic E-state index is 0.327. The van der Waals surface area contributed by atoms with Gasteiger partial charge in [-0.1, -0.05) is 78.4 Å². The molecular weight excluding hydrogens is 428 g/mol. The monoisotopic (exact) mass is 458 g/mol. The molecule has 0 unspecified atom stereocenters. The van der Waals surface area contributed by atoms with Gasteiger partial charge in [-0.25, -0.2) is 0 Å². The normalized spacial score (nSPS) is 14.9. The molecule has 1 aromatic heterocycles. The van der Waals surface area contributed by atoms with E-state index in [9.17, 15) is 5.11 Å². The number of hydrogen-bond donors (Lipinski definition) is 1. The minimum absolute atomic E-state index is 0.327. The number of hydrogen-bond acceptors (Lipinski definition) is 2. The van der Waals surface area contributed by atoms with E-state index in [-0.39, 0.29) is 0 Å². The van der Waals surface area contributed by atoms with Crippen molar-refractivity contribution in [3.05, 3.63) is 125 Å². The number of furan rings is 1. The first-order chi connectivity index (χ1) is 17.1. The van der Waals surface area contributed by atoms with Crippen LogP contribution in [0.2, 0.25) is 0 Å². The zero-order chi connectivity index (χ0) is 24.2. The van der Waals surface area contributed by atoms with Gasteiger partial charge >= 0.3 is 0 Å². The van der Waals surface area contributed by atoms with E-state index in [2.05, 4.69) is 73.7 Å². The summed E-state index contributed by atoms with van der Waals surface area (Å²) in [5.74, 6) is 0.327. The third-order valence-corrected chi connectivity index (χ3v) is 6.49. The molecule has 0 atom stereocenters. The molecule has 35 heavy (non-hydrogen) atoms. The summed E-state index contributed by atoms with van der Waals surface area (Å²) in [6.07, 6.45) is 18.0. The Morgan fingerprint density at radius 1 is 0.971 bits per heavy atom. The number of allylic oxidation sites excluding steroid dienone is 9. The van der Waals surface area contributed by atoms with Gasteiger partial charge in [0.1, 0.15) is 16.9 Å². The Morgan fingerprint density at radius 3 is 2.71 bits per heavy atom. The maximum Gasteiger partial charge on any atom is 0.135 e. The highest BCUT2D eigenvalue weighted by atomic mass is 16.3. The van der Waals surface area contributed by atoms with Crippen molar-refractivity contribution in [2.45, 2.75) is 33.1 Å². The van der Waals surface area contributed by atoms with Gasteiger partial charge in [-0.2, -0.15) is 0 Å². The maximum absolute atomic E-state index is 10.6. The lowest BCUT2D eigenvalue weighted by Gasteiger charge is -2.14. The van der Waals surface area contributed by atoms with Crippen LogP contribution in [0.15, 0.2) is 113 Å². The number of para-hydroxylation sites is 1. The highest BCUT2D eigenvalue weighted by Crippen LogP contribution is 2.33. The van der Waals surface area contributed by atoms with Crippen molar-refractivity contribution in [3.8, 4) is 5.75 Å². The van der Waals surface area contributed by atoms with Crippen molar-refractivity contribution >= 4 is 33.6 Å². The van der Waals surface area contributed by atoms with Gasteiger partial charge < -0.3 is 9.52 Å². The molecule has 0 bridgehead atoms. The first-order valence-electron chi connectivity index (χ1n) is 12.2. The number of fused-ring (bicyclic) bond motifs is 3. The molecule has 0 spiro atoms. The highest BCUT2D eigenvalue weighted by Gasteiger charge is 2.11. The predicted octanol–water partition coefficient (Wildman–Crippen LogP) is 9.17. The molecule has 1 heterocycles. The summed E-state index contributed by atoms with van der Waals surface area (Å²) in [4.78, 5) is 0. The van der Waals surface area contributed by atoms with Gasteiger partial charge in [0.2, 0.25) is 0 Å². The van der Waals surface area contributed by atoms with Crippen LogP contribution in [0, 0.1) is 0 Å². The van der Waals surface area contributed by atoms with Gasteiger partial charge in [-0.15, -0.1) is 0 Å². The van der Waals surface area contributed by atoms with Crippen LogP contribution < -0.4 is 0 Å². The molecule has 0 radical (unpaired) electrons. The van der Waals surface area contributed by atoms with Crippen LogP contribution in [0.1, 0.15) is 43.4 Å². The smallest absolute Gasteiger partial charge is 0.135 e. The largest absolute Gasteiger partial charge is 0.507 e. The first kappa shape index (κ1) is 22.7. The second kappa shape index (κ2) is 10.1. The van der Waals surface area contributed by atoms with Gasteiger partial charge in [0, 0.05) is 16.3 Å². The zero-order valence-corrected chi connectivity index (χ0v) is 20.3. The van der Waals surface area contributed by atoms with Gasteiger partial charge in [0.05, 0.1) is 0 Å². The van der Waals surface area contributed by atoms with Gasteiger partial charge in [-0.05, 0) is 85.7 Å². The topological polar surface area (TPSA) is 33.4 Å². The van der Waals surface area contributed by atoms with Gasteiger partial charge in [0.15, 0.2) is 0 Å². The van der Waals surface area contributed by atoms with Crippen LogP contribution >= 0.6 is 0 Å². The summed E-state index contributed by atoms with van der Waals surface area (Å²) in [6, 6.07) is 20.4. The molecule has 2 heteroatoms. The summed E-state index contributed by atoms with van der Waals surface area (Å²) in [5, 5.41) is 12.9. The average molecular weight is 459 g/mol. The molecule has 0 aliphatic heterocycles. The zero-order valence-electron chi connectivity index (χ0n) is 20.3. The fraction of sp³-hybridized carbons (Fsp3) is 0.152. The number of rotatable bonds is 6. The van der Waals surface area contributed by atoms with Gasteiger partial charge in [-0.3, -0.25) is 0 Å². The van der Waals surface area contributed by atoms with E-state index in [1.807, 2.05) is 43.3 Å². The fourth-order valence-electron chi connectivity index (χ4n) is 4.65. The van der Waals surface area contributed by atoms with E-state index in [1.54, 1.807) is 0 Å².